The fourth-order valence-electron chi connectivity index (χ4n) is 10.3. The number of benzene rings is 4. The standard InChI is InChI=1S/C46H51F2N5O4/c1-57-42-25-34(21-33-27-53(28-38(33)42)41-11-12-43(55)49-46(41)56)51-19-17-50(18-20-51)26-29-13-15-52(16-14-29)45-39(47)23-32(24-40(45)48)44-36(30-5-3-2-4-6-30)9-7-31-22-35(54)8-10-37(31)44/h2-6,8,10,21-25,29,36,41,44,54H,7,9,11-20,26-28H2,1H3,(H,49,55,56)/t36-,41?,44+/m0/s1. The largest absolute Gasteiger partial charge is 0.508 e. The Bertz CT molecular complexity index is 2130. The number of ether oxygens (including phenoxy) is 1. The lowest BCUT2D eigenvalue weighted by Gasteiger charge is -2.40. The molecular weight excluding hydrogens is 725 g/mol. The van der Waals surface area contributed by atoms with Crippen molar-refractivity contribution in [3.8, 4) is 11.5 Å². The number of piperidine rings is 2. The van der Waals surface area contributed by atoms with Gasteiger partial charge in [-0.3, -0.25) is 24.7 Å². The Morgan fingerprint density at radius 2 is 1.53 bits per heavy atom. The molecule has 3 fully saturated rings. The van der Waals surface area contributed by atoms with Gasteiger partial charge >= 0.3 is 0 Å². The summed E-state index contributed by atoms with van der Waals surface area (Å²) >= 11 is 0. The van der Waals surface area contributed by atoms with Crippen molar-refractivity contribution in [1.29, 1.82) is 0 Å². The van der Waals surface area contributed by atoms with Crippen molar-refractivity contribution in [3.05, 3.63) is 118 Å². The van der Waals surface area contributed by atoms with Crippen LogP contribution in [0.1, 0.15) is 77.3 Å². The maximum absolute atomic E-state index is 16.1. The zero-order chi connectivity index (χ0) is 39.2. The fraction of sp³-hybridized carbons (Fsp3) is 0.435. The number of anilines is 2. The second-order valence-electron chi connectivity index (χ2n) is 16.6. The van der Waals surface area contributed by atoms with Gasteiger partial charge in [0.1, 0.15) is 28.8 Å². The second kappa shape index (κ2) is 15.7. The van der Waals surface area contributed by atoms with Gasteiger partial charge in [0.05, 0.1) is 13.2 Å². The first-order valence-electron chi connectivity index (χ1n) is 20.6. The summed E-state index contributed by atoms with van der Waals surface area (Å²) in [5.74, 6) is -0.0791. The third-order valence-electron chi connectivity index (χ3n) is 13.3. The molecule has 4 heterocycles. The van der Waals surface area contributed by atoms with Crippen molar-refractivity contribution >= 4 is 23.2 Å². The number of nitrogens with one attached hydrogen (secondary N) is 1. The molecule has 11 heteroatoms. The van der Waals surface area contributed by atoms with E-state index in [1.165, 1.54) is 5.56 Å². The Hall–Kier alpha value is -5.00. The molecule has 4 aromatic rings. The van der Waals surface area contributed by atoms with E-state index < -0.39 is 11.6 Å². The second-order valence-corrected chi connectivity index (χ2v) is 16.6. The van der Waals surface area contributed by atoms with Crippen molar-refractivity contribution in [3.63, 3.8) is 0 Å². The Labute approximate surface area is 333 Å². The average molecular weight is 776 g/mol. The molecule has 298 valence electrons. The van der Waals surface area contributed by atoms with Crippen LogP contribution in [0.15, 0.2) is 72.8 Å². The Kier molecular flexibility index (Phi) is 10.4. The van der Waals surface area contributed by atoms with E-state index in [1.807, 2.05) is 29.2 Å². The molecule has 0 spiro atoms. The summed E-state index contributed by atoms with van der Waals surface area (Å²) in [6, 6.07) is 22.8. The zero-order valence-electron chi connectivity index (χ0n) is 32.6. The number of phenolic OH excluding ortho intramolecular Hbond substituents is 1. The first-order chi connectivity index (χ1) is 27.7. The van der Waals surface area contributed by atoms with Crippen molar-refractivity contribution < 1.29 is 28.2 Å². The monoisotopic (exact) mass is 775 g/mol. The van der Waals surface area contributed by atoms with E-state index in [0.717, 1.165) is 92.1 Å². The molecule has 4 aromatic carbocycles. The van der Waals surface area contributed by atoms with Crippen LogP contribution in [0.2, 0.25) is 0 Å². The maximum atomic E-state index is 16.1. The van der Waals surface area contributed by atoms with Gasteiger partial charge in [0.15, 0.2) is 0 Å². The Balaban J connectivity index is 0.817. The quantitative estimate of drug-likeness (QED) is 0.192. The summed E-state index contributed by atoms with van der Waals surface area (Å²) in [6.45, 7) is 7.11. The van der Waals surface area contributed by atoms with Crippen LogP contribution in [0.4, 0.5) is 20.2 Å². The van der Waals surface area contributed by atoms with Crippen molar-refractivity contribution in [2.75, 3.05) is 62.7 Å². The SMILES string of the molecule is COc1cc(N2CCN(CC3CCN(c4c(F)cc([C@H]5c6ccc(O)cc6CC[C@H]5c5ccccc5)cc4F)CC3)CC2)cc2c1CN(C1CCC(=O)NC1=O)C2. The molecule has 5 aliphatic rings. The number of fused-ring (bicyclic) bond motifs is 2. The summed E-state index contributed by atoms with van der Waals surface area (Å²) in [5.41, 5.74) is 7.32. The minimum atomic E-state index is -0.510. The number of piperazine rings is 1. The van der Waals surface area contributed by atoms with Crippen molar-refractivity contribution in [2.45, 2.75) is 69.5 Å². The average Bonchev–Trinajstić information content (AvgIpc) is 3.65. The maximum Gasteiger partial charge on any atom is 0.243 e. The van der Waals surface area contributed by atoms with Crippen molar-refractivity contribution in [1.82, 2.24) is 15.1 Å². The highest BCUT2D eigenvalue weighted by atomic mass is 19.1. The molecule has 1 aliphatic carbocycles. The van der Waals surface area contributed by atoms with Crippen LogP contribution < -0.4 is 19.9 Å². The van der Waals surface area contributed by atoms with Crippen LogP contribution >= 0.6 is 0 Å². The molecular formula is C46H51F2N5O4. The van der Waals surface area contributed by atoms with Gasteiger partial charge in [0.2, 0.25) is 11.8 Å². The molecule has 9 nitrogen and oxygen atoms in total. The number of hydrogen-bond acceptors (Lipinski definition) is 8. The first-order valence-corrected chi connectivity index (χ1v) is 20.6. The highest BCUT2D eigenvalue weighted by Gasteiger charge is 2.37. The van der Waals surface area contributed by atoms with E-state index in [1.54, 1.807) is 31.4 Å². The minimum absolute atomic E-state index is 0.0690. The molecule has 0 aromatic heterocycles. The van der Waals surface area contributed by atoms with Gasteiger partial charge in [-0.2, -0.15) is 0 Å². The zero-order valence-corrected chi connectivity index (χ0v) is 32.6. The van der Waals surface area contributed by atoms with Gasteiger partial charge in [-0.25, -0.2) is 8.78 Å². The molecule has 0 bridgehead atoms. The number of hydrogen-bond donors (Lipinski definition) is 2. The number of carbonyl (C=O) groups is 2. The predicted octanol–water partition coefficient (Wildman–Crippen LogP) is 6.70. The number of rotatable bonds is 8. The fourth-order valence-corrected chi connectivity index (χ4v) is 10.3. The van der Waals surface area contributed by atoms with Gasteiger partial charge in [0, 0.05) is 88.6 Å². The van der Waals surface area contributed by atoms with Crippen LogP contribution in [0.3, 0.4) is 0 Å². The van der Waals surface area contributed by atoms with E-state index in [4.69, 9.17) is 4.74 Å². The lowest BCUT2D eigenvalue weighted by atomic mass is 9.69. The van der Waals surface area contributed by atoms with E-state index in [9.17, 15) is 14.7 Å². The topological polar surface area (TPSA) is 88.6 Å². The molecule has 0 saturated carbocycles. The highest BCUT2D eigenvalue weighted by Crippen LogP contribution is 2.48. The molecule has 3 saturated heterocycles. The smallest absolute Gasteiger partial charge is 0.243 e. The molecule has 57 heavy (non-hydrogen) atoms. The number of amides is 2. The normalized spacial score (nSPS) is 23.3. The number of carbonyl (C=O) groups excluding carboxylic acids is 2. The third kappa shape index (κ3) is 7.47. The van der Waals surface area contributed by atoms with Crippen LogP contribution in [0, 0.1) is 17.6 Å². The number of aryl methyl sites for hydroxylation is 1. The predicted molar refractivity (Wildman–Crippen MR) is 216 cm³/mol. The Morgan fingerprint density at radius 1 is 0.772 bits per heavy atom. The molecule has 2 amide bonds. The number of aromatic hydroxyl groups is 1. The summed E-state index contributed by atoms with van der Waals surface area (Å²) in [5, 5.41) is 12.7. The summed E-state index contributed by atoms with van der Waals surface area (Å²) in [4.78, 5) is 33.3. The van der Waals surface area contributed by atoms with E-state index in [-0.39, 0.29) is 41.1 Å². The minimum Gasteiger partial charge on any atom is -0.508 e. The van der Waals surface area contributed by atoms with E-state index >= 15 is 8.78 Å². The summed E-state index contributed by atoms with van der Waals surface area (Å²) in [7, 11) is 1.70. The van der Waals surface area contributed by atoms with E-state index in [0.29, 0.717) is 50.5 Å². The van der Waals surface area contributed by atoms with Crippen molar-refractivity contribution in [2.24, 2.45) is 5.92 Å². The molecule has 3 atom stereocenters. The molecule has 4 aliphatic heterocycles. The molecule has 0 radical (unpaired) electrons. The lowest BCUT2D eigenvalue weighted by molar-refractivity contribution is -0.137. The van der Waals surface area contributed by atoms with Gasteiger partial charge in [-0.05, 0) is 102 Å². The lowest BCUT2D eigenvalue weighted by Crippen LogP contribution is -2.50. The summed E-state index contributed by atoms with van der Waals surface area (Å²) in [6.07, 6.45) is 4.28. The Morgan fingerprint density at radius 3 is 2.25 bits per heavy atom. The van der Waals surface area contributed by atoms with Crippen LogP contribution in [0.5, 0.6) is 11.5 Å². The van der Waals surface area contributed by atoms with Gasteiger partial charge < -0.3 is 19.6 Å². The van der Waals surface area contributed by atoms with Crippen LogP contribution in [0.25, 0.3) is 0 Å². The van der Waals surface area contributed by atoms with Crippen LogP contribution in [-0.4, -0.2) is 85.7 Å². The number of methoxy groups -OCH3 is 1. The number of halogens is 2. The van der Waals surface area contributed by atoms with Crippen LogP contribution in [-0.2, 0) is 29.1 Å². The number of nitrogens with zero attached hydrogens (tertiary/aromatic N) is 4. The summed E-state index contributed by atoms with van der Waals surface area (Å²) < 4.78 is 38.1. The number of phenols is 1. The van der Waals surface area contributed by atoms with Gasteiger partial charge in [-0.1, -0.05) is 36.4 Å². The molecule has 2 N–H and O–H groups in total. The third-order valence-corrected chi connectivity index (χ3v) is 13.3. The van der Waals surface area contributed by atoms with Gasteiger partial charge in [-0.15, -0.1) is 0 Å². The first kappa shape index (κ1) is 37.6. The van der Waals surface area contributed by atoms with E-state index in [2.05, 4.69) is 44.3 Å². The molecule has 1 unspecified atom stereocenters. The number of imide groups is 1. The van der Waals surface area contributed by atoms with Gasteiger partial charge in [0.25, 0.3) is 0 Å². The molecule has 9 rings (SSSR count). The highest BCUT2D eigenvalue weighted by molar-refractivity contribution is 6.00.